The molecule has 152 valence electrons. The van der Waals surface area contributed by atoms with Gasteiger partial charge in [0.2, 0.25) is 0 Å². The molecule has 0 unspecified atom stereocenters. The zero-order valence-corrected chi connectivity index (χ0v) is 16.5. The van der Waals surface area contributed by atoms with Crippen molar-refractivity contribution in [3.8, 4) is 17.6 Å². The van der Waals surface area contributed by atoms with Gasteiger partial charge in [0.05, 0.1) is 27.4 Å². The molecule has 0 atom stereocenters. The number of hydrogen-bond donors (Lipinski definition) is 2. The molecule has 1 aliphatic heterocycles. The lowest BCUT2D eigenvalue weighted by molar-refractivity contribution is -0.117. The summed E-state index contributed by atoms with van der Waals surface area (Å²) in [6.07, 6.45) is 2.18. The van der Waals surface area contributed by atoms with Gasteiger partial charge >= 0.3 is 0 Å². The van der Waals surface area contributed by atoms with E-state index in [1.807, 2.05) is 24.3 Å². The molecule has 1 saturated heterocycles. The molecule has 8 nitrogen and oxygen atoms in total. The van der Waals surface area contributed by atoms with Gasteiger partial charge in [0.1, 0.15) is 11.6 Å². The van der Waals surface area contributed by atoms with Crippen LogP contribution in [0.5, 0.6) is 11.5 Å². The fraction of sp³-hybridized carbons (Fsp3) is 0.500. The normalized spacial score (nSPS) is 14.8. The predicted molar refractivity (Wildman–Crippen MR) is 105 cm³/mol. The lowest BCUT2D eigenvalue weighted by atomic mass is 10.1. The number of ether oxygens (including phenoxy) is 3. The molecule has 1 fully saturated rings. The topological polar surface area (TPSA) is 95.8 Å². The molecule has 28 heavy (non-hydrogen) atoms. The number of morpholine rings is 1. The maximum atomic E-state index is 12.1. The third-order valence-corrected chi connectivity index (χ3v) is 4.43. The second-order valence-electron chi connectivity index (χ2n) is 6.27. The summed E-state index contributed by atoms with van der Waals surface area (Å²) < 4.78 is 15.8. The van der Waals surface area contributed by atoms with Gasteiger partial charge < -0.3 is 24.8 Å². The molecular formula is C20H28N4O4. The minimum absolute atomic E-state index is 0.0642. The van der Waals surface area contributed by atoms with E-state index in [-0.39, 0.29) is 11.5 Å². The van der Waals surface area contributed by atoms with E-state index in [1.165, 1.54) is 6.20 Å². The smallest absolute Gasteiger partial charge is 0.263 e. The van der Waals surface area contributed by atoms with E-state index in [0.717, 1.165) is 38.4 Å². The van der Waals surface area contributed by atoms with Crippen molar-refractivity contribution < 1.29 is 19.0 Å². The van der Waals surface area contributed by atoms with Gasteiger partial charge in [-0.15, -0.1) is 0 Å². The monoisotopic (exact) mass is 388 g/mol. The molecule has 1 heterocycles. The fourth-order valence-electron chi connectivity index (χ4n) is 2.82. The highest BCUT2D eigenvalue weighted by atomic mass is 16.5. The Morgan fingerprint density at radius 1 is 1.25 bits per heavy atom. The number of hydrogen-bond acceptors (Lipinski definition) is 7. The molecule has 2 N–H and O–H groups in total. The van der Waals surface area contributed by atoms with Gasteiger partial charge in [-0.05, 0) is 24.1 Å². The average molecular weight is 388 g/mol. The van der Waals surface area contributed by atoms with Gasteiger partial charge in [-0.3, -0.25) is 9.69 Å². The van der Waals surface area contributed by atoms with Crippen molar-refractivity contribution in [3.63, 3.8) is 0 Å². The molecule has 0 saturated carbocycles. The minimum atomic E-state index is -0.366. The van der Waals surface area contributed by atoms with Crippen molar-refractivity contribution in [3.05, 3.63) is 35.5 Å². The van der Waals surface area contributed by atoms with Crippen LogP contribution in [0.3, 0.4) is 0 Å². The van der Waals surface area contributed by atoms with Crippen LogP contribution in [0.4, 0.5) is 0 Å². The highest BCUT2D eigenvalue weighted by Crippen LogP contribution is 2.27. The van der Waals surface area contributed by atoms with E-state index >= 15 is 0 Å². The second kappa shape index (κ2) is 11.8. The van der Waals surface area contributed by atoms with E-state index in [4.69, 9.17) is 14.2 Å². The van der Waals surface area contributed by atoms with Gasteiger partial charge in [0, 0.05) is 38.9 Å². The first kappa shape index (κ1) is 21.5. The Hall–Kier alpha value is -2.76. The number of nitrogens with one attached hydrogen (secondary N) is 2. The van der Waals surface area contributed by atoms with E-state index in [9.17, 15) is 10.1 Å². The molecule has 2 rings (SSSR count). The Kier molecular flexibility index (Phi) is 9.11. The summed E-state index contributed by atoms with van der Waals surface area (Å²) in [5.41, 5.74) is 1.13. The molecule has 1 amide bonds. The SMILES string of the molecule is COc1ccc(CCN/C=C(/C#N)C(=O)NCCN2CCOCC2)cc1OC. The van der Waals surface area contributed by atoms with Crippen LogP contribution in [0, 0.1) is 11.3 Å². The fourth-order valence-corrected chi connectivity index (χ4v) is 2.82. The van der Waals surface area contributed by atoms with Crippen molar-refractivity contribution in [2.24, 2.45) is 0 Å². The third-order valence-electron chi connectivity index (χ3n) is 4.43. The Balaban J connectivity index is 1.74. The summed E-state index contributed by atoms with van der Waals surface area (Å²) in [7, 11) is 3.19. The van der Waals surface area contributed by atoms with Gasteiger partial charge in [0.25, 0.3) is 5.91 Å². The number of benzene rings is 1. The Bertz CT molecular complexity index is 709. The minimum Gasteiger partial charge on any atom is -0.493 e. The van der Waals surface area contributed by atoms with Gasteiger partial charge in [-0.2, -0.15) is 5.26 Å². The van der Waals surface area contributed by atoms with Gasteiger partial charge in [-0.1, -0.05) is 6.07 Å². The van der Waals surface area contributed by atoms with E-state index < -0.39 is 0 Å². The number of rotatable bonds is 10. The van der Waals surface area contributed by atoms with Gasteiger partial charge in [0.15, 0.2) is 11.5 Å². The zero-order chi connectivity index (χ0) is 20.2. The third kappa shape index (κ3) is 6.76. The second-order valence-corrected chi connectivity index (χ2v) is 6.27. The van der Waals surface area contributed by atoms with Crippen LogP contribution >= 0.6 is 0 Å². The van der Waals surface area contributed by atoms with Crippen LogP contribution in [0.2, 0.25) is 0 Å². The van der Waals surface area contributed by atoms with Crippen LogP contribution < -0.4 is 20.1 Å². The van der Waals surface area contributed by atoms with Crippen molar-refractivity contribution in [1.82, 2.24) is 15.5 Å². The molecule has 1 aromatic rings. The first-order valence-electron chi connectivity index (χ1n) is 9.30. The highest BCUT2D eigenvalue weighted by Gasteiger charge is 2.12. The summed E-state index contributed by atoms with van der Waals surface area (Å²) in [6, 6.07) is 7.66. The predicted octanol–water partition coefficient (Wildman–Crippen LogP) is 0.692. The summed E-state index contributed by atoms with van der Waals surface area (Å²) in [5, 5.41) is 15.0. The number of nitrogens with zero attached hydrogens (tertiary/aromatic N) is 2. The number of carbonyl (C=O) groups is 1. The Morgan fingerprint density at radius 3 is 2.68 bits per heavy atom. The number of nitriles is 1. The van der Waals surface area contributed by atoms with Crippen molar-refractivity contribution in [2.45, 2.75) is 6.42 Å². The molecule has 0 aromatic heterocycles. The molecule has 8 heteroatoms. The van der Waals surface area contributed by atoms with Crippen LogP contribution in [0.15, 0.2) is 30.0 Å². The Morgan fingerprint density at radius 2 is 2.00 bits per heavy atom. The quantitative estimate of drug-likeness (QED) is 0.346. The summed E-state index contributed by atoms with van der Waals surface area (Å²) in [6.45, 7) is 5.03. The van der Waals surface area contributed by atoms with Crippen molar-refractivity contribution in [2.75, 3.05) is 60.2 Å². The van der Waals surface area contributed by atoms with Crippen molar-refractivity contribution in [1.29, 1.82) is 5.26 Å². The first-order valence-corrected chi connectivity index (χ1v) is 9.30. The summed E-state index contributed by atoms with van der Waals surface area (Å²) >= 11 is 0. The van der Waals surface area contributed by atoms with E-state index in [1.54, 1.807) is 14.2 Å². The first-order chi connectivity index (χ1) is 13.7. The molecule has 0 spiro atoms. The number of carbonyl (C=O) groups excluding carboxylic acids is 1. The van der Waals surface area contributed by atoms with E-state index in [0.29, 0.717) is 31.0 Å². The number of methoxy groups -OCH3 is 2. The van der Waals surface area contributed by atoms with Crippen LogP contribution in [-0.4, -0.2) is 71.0 Å². The molecule has 0 bridgehead atoms. The van der Waals surface area contributed by atoms with Gasteiger partial charge in [-0.25, -0.2) is 0 Å². The lowest BCUT2D eigenvalue weighted by Gasteiger charge is -2.26. The van der Waals surface area contributed by atoms with Crippen LogP contribution in [-0.2, 0) is 16.0 Å². The van der Waals surface area contributed by atoms with Crippen LogP contribution in [0.25, 0.3) is 0 Å². The maximum Gasteiger partial charge on any atom is 0.263 e. The summed E-state index contributed by atoms with van der Waals surface area (Å²) in [4.78, 5) is 14.3. The molecule has 1 aliphatic rings. The van der Waals surface area contributed by atoms with Crippen LogP contribution in [0.1, 0.15) is 5.56 Å². The van der Waals surface area contributed by atoms with E-state index in [2.05, 4.69) is 15.5 Å². The Labute approximate surface area is 166 Å². The highest BCUT2D eigenvalue weighted by molar-refractivity contribution is 5.97. The lowest BCUT2D eigenvalue weighted by Crippen LogP contribution is -2.41. The molecule has 1 aromatic carbocycles. The maximum absolute atomic E-state index is 12.1. The zero-order valence-electron chi connectivity index (χ0n) is 16.5. The average Bonchev–Trinajstić information content (AvgIpc) is 2.74. The molecule has 0 aliphatic carbocycles. The molecule has 0 radical (unpaired) electrons. The standard InChI is InChI=1S/C20H28N4O4/c1-26-18-4-3-16(13-19(18)27-2)5-6-22-15-17(14-21)20(25)23-7-8-24-9-11-28-12-10-24/h3-4,13,15,22H,5-12H2,1-2H3,(H,23,25)/b17-15-. The van der Waals surface area contributed by atoms with Crippen molar-refractivity contribution >= 4 is 5.91 Å². The molecular weight excluding hydrogens is 360 g/mol. The number of amides is 1. The summed E-state index contributed by atoms with van der Waals surface area (Å²) in [5.74, 6) is 0.988. The largest absolute Gasteiger partial charge is 0.493 e.